The maximum atomic E-state index is 13.5. The maximum absolute atomic E-state index is 13.5. The monoisotopic (exact) mass is 472 g/mol. The first kappa shape index (κ1) is 22.5. The number of pyridine rings is 2. The van der Waals surface area contributed by atoms with E-state index in [9.17, 15) is 4.39 Å². The van der Waals surface area contributed by atoms with E-state index in [4.69, 9.17) is 20.6 Å². The number of H-pyrrole nitrogens is 1. The van der Waals surface area contributed by atoms with Gasteiger partial charge in [0.2, 0.25) is 0 Å². The SMILES string of the molecule is Cc1occc1-c1nc(N)c(OC[C@H](N)Cc2cccc(F)c2)cc1-c1cnc2n[nH]c(C)c2c1. The lowest BCUT2D eigenvalue weighted by Crippen LogP contribution is -2.30. The third-order valence-corrected chi connectivity index (χ3v) is 5.88. The second kappa shape index (κ2) is 9.19. The molecule has 8 nitrogen and oxygen atoms in total. The van der Waals surface area contributed by atoms with Crippen LogP contribution in [0.2, 0.25) is 0 Å². The van der Waals surface area contributed by atoms with Gasteiger partial charge in [0.15, 0.2) is 17.2 Å². The average molecular weight is 473 g/mol. The number of ether oxygens (including phenoxy) is 1. The van der Waals surface area contributed by atoms with E-state index < -0.39 is 0 Å². The van der Waals surface area contributed by atoms with Gasteiger partial charge in [0.05, 0.1) is 12.0 Å². The Morgan fingerprint density at radius 3 is 2.77 bits per heavy atom. The zero-order valence-corrected chi connectivity index (χ0v) is 19.4. The first-order valence-electron chi connectivity index (χ1n) is 11.2. The number of nitrogens with one attached hydrogen (secondary N) is 1. The Bertz CT molecular complexity index is 1510. The third kappa shape index (κ3) is 4.58. The molecule has 4 aromatic heterocycles. The van der Waals surface area contributed by atoms with Crippen molar-refractivity contribution in [3.8, 4) is 28.1 Å². The molecule has 5 rings (SSSR count). The van der Waals surface area contributed by atoms with Crippen LogP contribution in [0.1, 0.15) is 17.0 Å². The summed E-state index contributed by atoms with van der Waals surface area (Å²) in [6, 6.07) is 11.7. The van der Waals surface area contributed by atoms with Crippen LogP contribution in [0.4, 0.5) is 10.2 Å². The van der Waals surface area contributed by atoms with Crippen molar-refractivity contribution in [3.05, 3.63) is 77.8 Å². The van der Waals surface area contributed by atoms with Crippen molar-refractivity contribution in [3.63, 3.8) is 0 Å². The van der Waals surface area contributed by atoms with Crippen LogP contribution >= 0.6 is 0 Å². The fourth-order valence-electron chi connectivity index (χ4n) is 4.07. The first-order valence-corrected chi connectivity index (χ1v) is 11.2. The lowest BCUT2D eigenvalue weighted by atomic mass is 9.99. The maximum Gasteiger partial charge on any atom is 0.181 e. The number of rotatable bonds is 7. The third-order valence-electron chi connectivity index (χ3n) is 5.88. The van der Waals surface area contributed by atoms with E-state index in [2.05, 4.69) is 20.2 Å². The summed E-state index contributed by atoms with van der Waals surface area (Å²) in [4.78, 5) is 9.15. The summed E-state index contributed by atoms with van der Waals surface area (Å²) < 4.78 is 25.0. The van der Waals surface area contributed by atoms with Gasteiger partial charge in [-0.25, -0.2) is 14.4 Å². The molecule has 1 aromatic carbocycles. The number of aryl methyl sites for hydroxylation is 2. The highest BCUT2D eigenvalue weighted by molar-refractivity contribution is 5.89. The van der Waals surface area contributed by atoms with E-state index in [1.807, 2.05) is 38.1 Å². The fraction of sp³-hybridized carbons (Fsp3) is 0.192. The molecule has 0 radical (unpaired) electrons. The highest BCUT2D eigenvalue weighted by Crippen LogP contribution is 2.38. The largest absolute Gasteiger partial charge is 0.488 e. The Morgan fingerprint density at radius 1 is 1.14 bits per heavy atom. The van der Waals surface area contributed by atoms with Gasteiger partial charge < -0.3 is 20.6 Å². The zero-order chi connectivity index (χ0) is 24.5. The Kier molecular flexibility index (Phi) is 5.92. The number of benzene rings is 1. The molecular formula is C26H25FN6O2. The summed E-state index contributed by atoms with van der Waals surface area (Å²) in [7, 11) is 0. The number of hydrogen-bond donors (Lipinski definition) is 3. The van der Waals surface area contributed by atoms with Gasteiger partial charge in [-0.1, -0.05) is 12.1 Å². The predicted octanol–water partition coefficient (Wildman–Crippen LogP) is 4.57. The van der Waals surface area contributed by atoms with E-state index in [-0.39, 0.29) is 24.3 Å². The molecule has 0 aliphatic rings. The number of halogens is 1. The standard InChI is InChI=1S/C26H25FN6O2/c1-14-21-10-17(12-30-26(21)33-32-14)22-11-23(25(29)31-24(22)20-6-7-34-15(20)2)35-13-19(28)9-16-4-3-5-18(27)8-16/h3-8,10-12,19H,9,13,28H2,1-2H3,(H2,29,31)(H,30,32,33)/t19-/m1/s1. The molecule has 0 saturated heterocycles. The van der Waals surface area contributed by atoms with Crippen LogP contribution in [-0.2, 0) is 6.42 Å². The van der Waals surface area contributed by atoms with Gasteiger partial charge >= 0.3 is 0 Å². The van der Waals surface area contributed by atoms with Crippen molar-refractivity contribution in [2.24, 2.45) is 5.73 Å². The molecule has 9 heteroatoms. The first-order chi connectivity index (χ1) is 16.9. The van der Waals surface area contributed by atoms with Gasteiger partial charge in [-0.2, -0.15) is 5.10 Å². The van der Waals surface area contributed by atoms with E-state index in [1.165, 1.54) is 12.1 Å². The van der Waals surface area contributed by atoms with Crippen LogP contribution in [0.5, 0.6) is 5.75 Å². The molecule has 0 fully saturated rings. The minimum atomic E-state index is -0.359. The molecule has 178 valence electrons. The van der Waals surface area contributed by atoms with E-state index in [0.717, 1.165) is 39.1 Å². The molecule has 35 heavy (non-hydrogen) atoms. The number of nitrogen functional groups attached to an aromatic ring is 1. The van der Waals surface area contributed by atoms with Gasteiger partial charge in [-0.05, 0) is 56.2 Å². The molecule has 0 amide bonds. The summed E-state index contributed by atoms with van der Waals surface area (Å²) in [6.45, 7) is 4.00. The topological polar surface area (TPSA) is 129 Å². The van der Waals surface area contributed by atoms with Gasteiger partial charge in [0.25, 0.3) is 0 Å². The van der Waals surface area contributed by atoms with Crippen LogP contribution in [0.25, 0.3) is 33.4 Å². The van der Waals surface area contributed by atoms with Gasteiger partial charge in [0.1, 0.15) is 18.2 Å². The van der Waals surface area contributed by atoms with Crippen molar-refractivity contribution >= 4 is 16.9 Å². The smallest absolute Gasteiger partial charge is 0.181 e. The van der Waals surface area contributed by atoms with Crippen molar-refractivity contribution in [1.82, 2.24) is 20.2 Å². The minimum absolute atomic E-state index is 0.185. The van der Waals surface area contributed by atoms with E-state index in [1.54, 1.807) is 18.5 Å². The molecule has 0 aliphatic heterocycles. The number of fused-ring (bicyclic) bond motifs is 1. The lowest BCUT2D eigenvalue weighted by Gasteiger charge is -2.17. The number of nitrogens with two attached hydrogens (primary N) is 2. The summed E-state index contributed by atoms with van der Waals surface area (Å²) in [5.74, 6) is 1.06. The molecule has 5 N–H and O–H groups in total. The normalized spacial score (nSPS) is 12.2. The number of aromatic nitrogens is 4. The molecule has 0 bridgehead atoms. The number of furan rings is 1. The van der Waals surface area contributed by atoms with E-state index in [0.29, 0.717) is 23.5 Å². The lowest BCUT2D eigenvalue weighted by molar-refractivity contribution is 0.288. The van der Waals surface area contributed by atoms with E-state index >= 15 is 0 Å². The summed E-state index contributed by atoms with van der Waals surface area (Å²) in [5, 5.41) is 8.08. The van der Waals surface area contributed by atoms with Crippen LogP contribution in [0.15, 0.2) is 59.3 Å². The Morgan fingerprint density at radius 2 is 2.00 bits per heavy atom. The molecule has 0 unspecified atom stereocenters. The second-order valence-electron chi connectivity index (χ2n) is 8.51. The number of anilines is 1. The van der Waals surface area contributed by atoms with Gasteiger partial charge in [0, 0.05) is 40.0 Å². The molecular weight excluding hydrogens is 447 g/mol. The molecule has 4 heterocycles. The quantitative estimate of drug-likeness (QED) is 0.316. The highest BCUT2D eigenvalue weighted by atomic mass is 19.1. The van der Waals surface area contributed by atoms with Crippen LogP contribution in [0, 0.1) is 19.7 Å². The summed E-state index contributed by atoms with van der Waals surface area (Å²) in [6.07, 6.45) is 3.82. The van der Waals surface area contributed by atoms with Crippen molar-refractivity contribution in [2.75, 3.05) is 12.3 Å². The Hall–Kier alpha value is -4.24. The minimum Gasteiger partial charge on any atom is -0.488 e. The summed E-state index contributed by atoms with van der Waals surface area (Å²) >= 11 is 0. The number of nitrogens with zero attached hydrogens (tertiary/aromatic N) is 3. The molecule has 0 aliphatic carbocycles. The molecule has 1 atom stereocenters. The average Bonchev–Trinajstić information content (AvgIpc) is 3.43. The van der Waals surface area contributed by atoms with Crippen molar-refractivity contribution in [1.29, 1.82) is 0 Å². The van der Waals surface area contributed by atoms with Crippen LogP contribution in [-0.4, -0.2) is 32.8 Å². The Labute approximate surface area is 201 Å². The zero-order valence-electron chi connectivity index (χ0n) is 19.4. The van der Waals surface area contributed by atoms with Gasteiger partial charge in [-0.3, -0.25) is 5.10 Å². The van der Waals surface area contributed by atoms with Crippen LogP contribution < -0.4 is 16.2 Å². The molecule has 5 aromatic rings. The molecule has 0 spiro atoms. The predicted molar refractivity (Wildman–Crippen MR) is 132 cm³/mol. The number of aromatic amines is 1. The fourth-order valence-corrected chi connectivity index (χ4v) is 4.07. The Balaban J connectivity index is 1.49. The highest BCUT2D eigenvalue weighted by Gasteiger charge is 2.19. The number of hydrogen-bond acceptors (Lipinski definition) is 7. The van der Waals surface area contributed by atoms with Crippen molar-refractivity contribution < 1.29 is 13.5 Å². The van der Waals surface area contributed by atoms with Gasteiger partial charge in [-0.15, -0.1) is 0 Å². The molecule has 0 saturated carbocycles. The second-order valence-corrected chi connectivity index (χ2v) is 8.51. The summed E-state index contributed by atoms with van der Waals surface area (Å²) in [5.41, 5.74) is 18.0. The van der Waals surface area contributed by atoms with Crippen LogP contribution in [0.3, 0.4) is 0 Å². The van der Waals surface area contributed by atoms with Crippen molar-refractivity contribution in [2.45, 2.75) is 26.3 Å².